The van der Waals surface area contributed by atoms with Gasteiger partial charge in [0.15, 0.2) is 0 Å². The van der Waals surface area contributed by atoms with Crippen molar-refractivity contribution < 1.29 is 14.1 Å². The van der Waals surface area contributed by atoms with E-state index in [1.165, 1.54) is 0 Å². The third-order valence-electron chi connectivity index (χ3n) is 4.62. The third-order valence-corrected chi connectivity index (χ3v) is 6.50. The Labute approximate surface area is 182 Å². The minimum atomic E-state index is -0.141. The maximum atomic E-state index is 12.6. The molecule has 0 aliphatic carbocycles. The van der Waals surface area contributed by atoms with Gasteiger partial charge in [-0.25, -0.2) is 4.98 Å². The summed E-state index contributed by atoms with van der Waals surface area (Å²) in [4.78, 5) is 19.3. The Hall–Kier alpha value is -2.97. The lowest BCUT2D eigenvalue weighted by molar-refractivity contribution is 0.0951. The SMILES string of the molecule is Cc1nc(-c2ccc(CNC(=O)c3cccc(OCc4c(C)noc4C)c3)s2)cs1. The van der Waals surface area contributed by atoms with Crippen LogP contribution in [-0.4, -0.2) is 16.0 Å². The Morgan fingerprint density at radius 3 is 2.80 bits per heavy atom. The van der Waals surface area contributed by atoms with Crippen molar-refractivity contribution in [1.29, 1.82) is 0 Å². The number of hydrogen-bond acceptors (Lipinski definition) is 7. The molecule has 0 saturated heterocycles. The van der Waals surface area contributed by atoms with E-state index in [-0.39, 0.29) is 5.91 Å². The van der Waals surface area contributed by atoms with Crippen LogP contribution in [0, 0.1) is 20.8 Å². The number of hydrogen-bond donors (Lipinski definition) is 1. The van der Waals surface area contributed by atoms with Gasteiger partial charge in [0.25, 0.3) is 5.91 Å². The number of nitrogens with one attached hydrogen (secondary N) is 1. The fourth-order valence-corrected chi connectivity index (χ4v) is 4.54. The summed E-state index contributed by atoms with van der Waals surface area (Å²) < 4.78 is 11.0. The predicted octanol–water partition coefficient (Wildman–Crippen LogP) is 5.29. The number of rotatable bonds is 7. The summed E-state index contributed by atoms with van der Waals surface area (Å²) >= 11 is 3.27. The maximum Gasteiger partial charge on any atom is 0.251 e. The average molecular weight is 440 g/mol. The van der Waals surface area contributed by atoms with E-state index in [4.69, 9.17) is 9.26 Å². The molecule has 154 valence electrons. The molecule has 0 fully saturated rings. The first-order valence-electron chi connectivity index (χ1n) is 9.43. The lowest BCUT2D eigenvalue weighted by Gasteiger charge is -2.08. The molecule has 0 aliphatic rings. The second-order valence-corrected chi connectivity index (χ2v) is 9.05. The molecule has 0 spiro atoms. The number of aromatic nitrogens is 2. The molecule has 6 nitrogen and oxygen atoms in total. The monoisotopic (exact) mass is 439 g/mol. The van der Waals surface area contributed by atoms with E-state index in [1.807, 2.05) is 45.0 Å². The first-order valence-corrected chi connectivity index (χ1v) is 11.1. The van der Waals surface area contributed by atoms with Gasteiger partial charge < -0.3 is 14.6 Å². The van der Waals surface area contributed by atoms with E-state index in [0.29, 0.717) is 24.5 Å². The first-order chi connectivity index (χ1) is 14.5. The van der Waals surface area contributed by atoms with Crippen LogP contribution in [0.1, 0.15) is 37.3 Å². The lowest BCUT2D eigenvalue weighted by Crippen LogP contribution is -2.22. The molecular weight excluding hydrogens is 418 g/mol. The van der Waals surface area contributed by atoms with Gasteiger partial charge in [-0.3, -0.25) is 4.79 Å². The molecule has 4 rings (SSSR count). The summed E-state index contributed by atoms with van der Waals surface area (Å²) in [5.74, 6) is 1.22. The van der Waals surface area contributed by atoms with Crippen LogP contribution in [0.25, 0.3) is 10.6 Å². The van der Waals surface area contributed by atoms with Gasteiger partial charge in [0.1, 0.15) is 18.1 Å². The van der Waals surface area contributed by atoms with Crippen LogP contribution in [0.4, 0.5) is 0 Å². The molecule has 4 aromatic rings. The zero-order valence-corrected chi connectivity index (χ0v) is 18.5. The molecule has 30 heavy (non-hydrogen) atoms. The van der Waals surface area contributed by atoms with Crippen molar-refractivity contribution in [3.8, 4) is 16.3 Å². The number of benzene rings is 1. The van der Waals surface area contributed by atoms with E-state index < -0.39 is 0 Å². The van der Waals surface area contributed by atoms with Gasteiger partial charge in [0, 0.05) is 15.8 Å². The van der Waals surface area contributed by atoms with Gasteiger partial charge in [0.05, 0.1) is 33.4 Å². The highest BCUT2D eigenvalue weighted by Crippen LogP contribution is 2.29. The molecular formula is C22H21N3O3S2. The van der Waals surface area contributed by atoms with Crippen molar-refractivity contribution >= 4 is 28.6 Å². The Bertz CT molecular complexity index is 1160. The summed E-state index contributed by atoms with van der Waals surface area (Å²) in [5, 5.41) is 10.0. The number of carbonyl (C=O) groups excluding carboxylic acids is 1. The van der Waals surface area contributed by atoms with Crippen LogP contribution in [0.5, 0.6) is 5.75 Å². The summed E-state index contributed by atoms with van der Waals surface area (Å²) in [6, 6.07) is 11.2. The molecule has 1 amide bonds. The van der Waals surface area contributed by atoms with E-state index in [2.05, 4.69) is 20.8 Å². The second-order valence-electron chi connectivity index (χ2n) is 6.82. The van der Waals surface area contributed by atoms with Crippen LogP contribution in [-0.2, 0) is 13.2 Å². The zero-order chi connectivity index (χ0) is 21.1. The summed E-state index contributed by atoms with van der Waals surface area (Å²) in [6.07, 6.45) is 0. The summed E-state index contributed by atoms with van der Waals surface area (Å²) in [6.45, 7) is 6.55. The van der Waals surface area contributed by atoms with Crippen LogP contribution in [0.15, 0.2) is 46.3 Å². The Kier molecular flexibility index (Phi) is 5.96. The molecule has 0 bridgehead atoms. The van der Waals surface area contributed by atoms with E-state index in [0.717, 1.165) is 37.5 Å². The normalized spacial score (nSPS) is 10.9. The fourth-order valence-electron chi connectivity index (χ4n) is 2.95. The predicted molar refractivity (Wildman–Crippen MR) is 118 cm³/mol. The Morgan fingerprint density at radius 2 is 2.07 bits per heavy atom. The van der Waals surface area contributed by atoms with Crippen LogP contribution < -0.4 is 10.1 Å². The minimum Gasteiger partial charge on any atom is -0.489 e. The highest BCUT2D eigenvalue weighted by Gasteiger charge is 2.12. The van der Waals surface area contributed by atoms with Crippen molar-refractivity contribution in [3.63, 3.8) is 0 Å². The smallest absolute Gasteiger partial charge is 0.251 e. The standard InChI is InChI=1S/C22H21N3O3S2/c1-13-19(14(2)28-25-13)11-27-17-6-4-5-16(9-17)22(26)23-10-18-7-8-21(30-18)20-12-29-15(3)24-20/h4-9,12H,10-11H2,1-3H3,(H,23,26). The van der Waals surface area contributed by atoms with Crippen LogP contribution in [0.2, 0.25) is 0 Å². The van der Waals surface area contributed by atoms with Crippen molar-refractivity contribution in [2.24, 2.45) is 0 Å². The van der Waals surface area contributed by atoms with E-state index in [9.17, 15) is 4.79 Å². The first kappa shape index (κ1) is 20.3. The number of aryl methyl sites for hydroxylation is 3. The number of carbonyl (C=O) groups is 1. The highest BCUT2D eigenvalue weighted by molar-refractivity contribution is 7.16. The molecule has 3 aromatic heterocycles. The number of nitrogens with zero attached hydrogens (tertiary/aromatic N) is 2. The van der Waals surface area contributed by atoms with Crippen LogP contribution in [0.3, 0.4) is 0 Å². The number of thiazole rings is 1. The molecule has 0 aliphatic heterocycles. The van der Waals surface area contributed by atoms with Gasteiger partial charge in [-0.1, -0.05) is 11.2 Å². The molecule has 0 atom stereocenters. The second kappa shape index (κ2) is 8.81. The van der Waals surface area contributed by atoms with Gasteiger partial charge in [-0.15, -0.1) is 22.7 Å². The molecule has 0 unspecified atom stereocenters. The van der Waals surface area contributed by atoms with Gasteiger partial charge in [0.2, 0.25) is 0 Å². The zero-order valence-electron chi connectivity index (χ0n) is 16.9. The molecule has 3 heterocycles. The van der Waals surface area contributed by atoms with Gasteiger partial charge >= 0.3 is 0 Å². The van der Waals surface area contributed by atoms with Crippen molar-refractivity contribution in [3.05, 3.63) is 74.2 Å². The fraction of sp³-hybridized carbons (Fsp3) is 0.227. The Balaban J connectivity index is 1.36. The van der Waals surface area contributed by atoms with E-state index >= 15 is 0 Å². The van der Waals surface area contributed by atoms with Gasteiger partial charge in [-0.05, 0) is 51.1 Å². The summed E-state index contributed by atoms with van der Waals surface area (Å²) in [5.41, 5.74) is 3.28. The topological polar surface area (TPSA) is 77.2 Å². The lowest BCUT2D eigenvalue weighted by atomic mass is 10.2. The average Bonchev–Trinajstić information content (AvgIpc) is 3.46. The van der Waals surface area contributed by atoms with Crippen molar-refractivity contribution in [2.75, 3.05) is 0 Å². The van der Waals surface area contributed by atoms with Crippen LogP contribution >= 0.6 is 22.7 Å². The number of ether oxygens (including phenoxy) is 1. The number of thiophene rings is 1. The van der Waals surface area contributed by atoms with Crippen molar-refractivity contribution in [2.45, 2.75) is 33.9 Å². The van der Waals surface area contributed by atoms with Crippen molar-refractivity contribution in [1.82, 2.24) is 15.5 Å². The molecule has 1 aromatic carbocycles. The molecule has 1 N–H and O–H groups in total. The molecule has 0 radical (unpaired) electrons. The Morgan fingerprint density at radius 1 is 1.20 bits per heavy atom. The highest BCUT2D eigenvalue weighted by atomic mass is 32.1. The minimum absolute atomic E-state index is 0.141. The number of amides is 1. The largest absolute Gasteiger partial charge is 0.489 e. The summed E-state index contributed by atoms with van der Waals surface area (Å²) in [7, 11) is 0. The third kappa shape index (κ3) is 4.60. The quantitative estimate of drug-likeness (QED) is 0.423. The molecule has 0 saturated carbocycles. The maximum absolute atomic E-state index is 12.6. The molecule has 8 heteroatoms. The van der Waals surface area contributed by atoms with Gasteiger partial charge in [-0.2, -0.15) is 0 Å². The van der Waals surface area contributed by atoms with E-state index in [1.54, 1.807) is 34.8 Å².